The van der Waals surface area contributed by atoms with Crippen LogP contribution >= 0.6 is 0 Å². The molecule has 2 aliphatic rings. The third-order valence-electron chi connectivity index (χ3n) is 2.86. The molecule has 1 fully saturated rings. The van der Waals surface area contributed by atoms with Crippen molar-refractivity contribution in [1.82, 2.24) is 9.96 Å². The van der Waals surface area contributed by atoms with Crippen molar-refractivity contribution in [3.05, 3.63) is 11.6 Å². The molecule has 2 heterocycles. The maximum Gasteiger partial charge on any atom is 1.00 e. The fourth-order valence-electron chi connectivity index (χ4n) is 2.09. The van der Waals surface area contributed by atoms with Crippen LogP contribution in [0.4, 0.5) is 4.79 Å². The van der Waals surface area contributed by atoms with Gasteiger partial charge in [-0.25, -0.2) is 4.79 Å². The first kappa shape index (κ1) is 17.4. The Kier molecular flexibility index (Phi) is 5.18. The molecule has 2 rings (SSSR count). The maximum atomic E-state index is 11.9. The zero-order chi connectivity index (χ0) is 14.4. The first-order chi connectivity index (χ1) is 8.74. The summed E-state index contributed by atoms with van der Waals surface area (Å²) < 4.78 is 34.1. The standard InChI is InChI=1S/C8H11N3O7S.Na.H/c9-7(13)5-1-4(3-12)10-2-6(5)11(8(10)14)18-19(15,16)17;;/h1,4,6,12H,2-3H2,(H2,9,13)(H,15,16,17);;/q;+1;-1/t4-,6-;;/m0../s1. The van der Waals surface area contributed by atoms with E-state index in [1.165, 1.54) is 6.08 Å². The second-order valence-electron chi connectivity index (χ2n) is 4.01. The molecule has 0 aromatic carbocycles. The molecule has 3 amide bonds. The Morgan fingerprint density at radius 1 is 1.60 bits per heavy atom. The molecule has 12 heteroatoms. The summed E-state index contributed by atoms with van der Waals surface area (Å²) in [5.74, 6) is -0.873. The van der Waals surface area contributed by atoms with Crippen LogP contribution in [0.2, 0.25) is 0 Å². The fraction of sp³-hybridized carbons (Fsp3) is 0.500. The van der Waals surface area contributed by atoms with E-state index < -0.39 is 41.0 Å². The van der Waals surface area contributed by atoms with Crippen LogP contribution in [-0.2, 0) is 19.5 Å². The number of nitrogens with zero attached hydrogens (tertiary/aromatic N) is 2. The van der Waals surface area contributed by atoms with Gasteiger partial charge < -0.3 is 17.2 Å². The average Bonchev–Trinajstić information content (AvgIpc) is 2.54. The number of aliphatic hydroxyl groups is 1. The molecule has 0 saturated carbocycles. The van der Waals surface area contributed by atoms with Gasteiger partial charge in [0.2, 0.25) is 5.91 Å². The Morgan fingerprint density at radius 2 is 2.20 bits per heavy atom. The van der Waals surface area contributed by atoms with Gasteiger partial charge in [0.15, 0.2) is 0 Å². The van der Waals surface area contributed by atoms with Crippen LogP contribution in [0, 0.1) is 0 Å². The Morgan fingerprint density at radius 3 is 2.65 bits per heavy atom. The Balaban J connectivity index is 0.00000200. The summed E-state index contributed by atoms with van der Waals surface area (Å²) in [5.41, 5.74) is 5.06. The van der Waals surface area contributed by atoms with E-state index in [-0.39, 0.29) is 43.1 Å². The quantitative estimate of drug-likeness (QED) is 0.346. The van der Waals surface area contributed by atoms with Gasteiger partial charge in [0, 0.05) is 5.57 Å². The topological polar surface area (TPSA) is 150 Å². The van der Waals surface area contributed by atoms with Crippen LogP contribution in [0.5, 0.6) is 0 Å². The minimum absolute atomic E-state index is 0. The van der Waals surface area contributed by atoms with Gasteiger partial charge in [0.25, 0.3) is 0 Å². The molecule has 2 bridgehead atoms. The zero-order valence-electron chi connectivity index (χ0n) is 11.5. The first-order valence-electron chi connectivity index (χ1n) is 5.14. The summed E-state index contributed by atoms with van der Waals surface area (Å²) in [5, 5.41) is 9.48. The molecule has 2 aliphatic heterocycles. The number of hydrogen-bond donors (Lipinski definition) is 3. The van der Waals surface area contributed by atoms with Crippen molar-refractivity contribution < 1.29 is 62.9 Å². The number of nitrogens with two attached hydrogens (primary N) is 1. The number of hydrogen-bond acceptors (Lipinski definition) is 6. The minimum Gasteiger partial charge on any atom is -1.00 e. The van der Waals surface area contributed by atoms with Gasteiger partial charge in [-0.2, -0.15) is 13.5 Å². The van der Waals surface area contributed by atoms with Crippen LogP contribution in [0.1, 0.15) is 1.43 Å². The minimum atomic E-state index is -4.92. The van der Waals surface area contributed by atoms with E-state index in [0.29, 0.717) is 5.06 Å². The molecule has 2 atom stereocenters. The normalized spacial score (nSPS) is 25.3. The number of primary amides is 1. The SMILES string of the molecule is NC(=O)C1=C[C@@H](CO)N2C[C@@H]1N(OS(=O)(=O)O)C2=O.[H-].[Na+]. The van der Waals surface area contributed by atoms with Crippen molar-refractivity contribution in [3.8, 4) is 0 Å². The monoisotopic (exact) mass is 317 g/mol. The molecule has 10 nitrogen and oxygen atoms in total. The summed E-state index contributed by atoms with van der Waals surface area (Å²) in [7, 11) is -4.92. The molecular weight excluding hydrogens is 305 g/mol. The van der Waals surface area contributed by atoms with E-state index in [4.69, 9.17) is 15.4 Å². The molecule has 108 valence electrons. The largest absolute Gasteiger partial charge is 1.00 e. The maximum absolute atomic E-state index is 11.9. The van der Waals surface area contributed by atoms with Gasteiger partial charge >= 0.3 is 46.0 Å². The Bertz CT molecular complexity index is 568. The van der Waals surface area contributed by atoms with Gasteiger partial charge in [-0.3, -0.25) is 9.35 Å². The molecule has 0 aliphatic carbocycles. The van der Waals surface area contributed by atoms with Crippen LogP contribution < -0.4 is 35.3 Å². The predicted molar refractivity (Wildman–Crippen MR) is 59.6 cm³/mol. The van der Waals surface area contributed by atoms with Gasteiger partial charge in [-0.15, -0.1) is 4.28 Å². The van der Waals surface area contributed by atoms with E-state index in [1.54, 1.807) is 0 Å². The predicted octanol–water partition coefficient (Wildman–Crippen LogP) is -5.27. The first-order valence-corrected chi connectivity index (χ1v) is 6.50. The molecule has 4 N–H and O–H groups in total. The van der Waals surface area contributed by atoms with E-state index in [9.17, 15) is 18.0 Å². The van der Waals surface area contributed by atoms with Crippen LogP contribution in [-0.4, -0.2) is 65.2 Å². The van der Waals surface area contributed by atoms with Crippen molar-refractivity contribution in [1.29, 1.82) is 0 Å². The van der Waals surface area contributed by atoms with Crippen molar-refractivity contribution in [2.45, 2.75) is 12.1 Å². The summed E-state index contributed by atoms with van der Waals surface area (Å²) >= 11 is 0. The van der Waals surface area contributed by atoms with Crippen LogP contribution in [0.15, 0.2) is 11.6 Å². The van der Waals surface area contributed by atoms with E-state index >= 15 is 0 Å². The Hall–Kier alpha value is -0.690. The third-order valence-corrected chi connectivity index (χ3v) is 3.21. The zero-order valence-corrected chi connectivity index (χ0v) is 13.3. The number of aliphatic hydroxyl groups excluding tert-OH is 1. The number of amides is 3. The van der Waals surface area contributed by atoms with Gasteiger partial charge in [0.05, 0.1) is 19.2 Å². The number of rotatable bonds is 4. The molecule has 1 saturated heterocycles. The second kappa shape index (κ2) is 5.97. The van der Waals surface area contributed by atoms with E-state index in [1.807, 2.05) is 0 Å². The molecule has 0 spiro atoms. The van der Waals surface area contributed by atoms with E-state index in [0.717, 1.165) is 4.90 Å². The van der Waals surface area contributed by atoms with Gasteiger partial charge in [-0.05, 0) is 6.08 Å². The molecule has 0 radical (unpaired) electrons. The second-order valence-corrected chi connectivity index (χ2v) is 5.02. The van der Waals surface area contributed by atoms with Crippen molar-refractivity contribution >= 4 is 22.3 Å². The van der Waals surface area contributed by atoms with Crippen molar-refractivity contribution in [3.63, 3.8) is 0 Å². The number of fused-ring (bicyclic) bond motifs is 2. The summed E-state index contributed by atoms with van der Waals surface area (Å²) in [6.45, 7) is -0.538. The number of carbonyl (C=O) groups excluding carboxylic acids is 2. The fourth-order valence-corrected chi connectivity index (χ4v) is 2.46. The molecular formula is C8H12N3NaO7S. The average molecular weight is 317 g/mol. The summed E-state index contributed by atoms with van der Waals surface area (Å²) in [6.07, 6.45) is 1.27. The number of hydroxylamine groups is 2. The van der Waals surface area contributed by atoms with Crippen LogP contribution in [0.25, 0.3) is 0 Å². The third kappa shape index (κ3) is 3.14. The van der Waals surface area contributed by atoms with Gasteiger partial charge in [0.1, 0.15) is 6.04 Å². The summed E-state index contributed by atoms with van der Waals surface area (Å²) in [4.78, 5) is 24.2. The molecule has 0 aromatic heterocycles. The molecule has 0 unspecified atom stereocenters. The van der Waals surface area contributed by atoms with Crippen molar-refractivity contribution in [2.24, 2.45) is 5.73 Å². The number of carbonyl (C=O) groups is 2. The van der Waals surface area contributed by atoms with Crippen molar-refractivity contribution in [2.75, 3.05) is 13.2 Å². The summed E-state index contributed by atoms with van der Waals surface area (Å²) in [6, 6.07) is -2.75. The Labute approximate surface area is 137 Å². The molecule has 20 heavy (non-hydrogen) atoms. The number of urea groups is 1. The van der Waals surface area contributed by atoms with E-state index in [2.05, 4.69) is 4.28 Å². The van der Waals surface area contributed by atoms with Gasteiger partial charge in [-0.1, -0.05) is 0 Å². The molecule has 0 aromatic rings. The van der Waals surface area contributed by atoms with Crippen LogP contribution in [0.3, 0.4) is 0 Å². The smallest absolute Gasteiger partial charge is 1.00 e.